The molecule has 2 nitrogen and oxygen atoms in total. The SMILES string of the molecule is CC(C)CN(C)Cc1sccc1C#CCCO. The van der Waals surface area contributed by atoms with Crippen LogP contribution in [0.2, 0.25) is 0 Å². The average molecular weight is 251 g/mol. The van der Waals surface area contributed by atoms with E-state index in [1.54, 1.807) is 11.3 Å². The van der Waals surface area contributed by atoms with Gasteiger partial charge in [-0.15, -0.1) is 11.3 Å². The lowest BCUT2D eigenvalue weighted by atomic mass is 10.2. The smallest absolute Gasteiger partial charge is 0.0540 e. The average Bonchev–Trinajstić information content (AvgIpc) is 2.65. The largest absolute Gasteiger partial charge is 0.395 e. The molecule has 1 aromatic rings. The number of aliphatic hydroxyl groups excluding tert-OH is 1. The Hall–Kier alpha value is -0.820. The molecule has 0 saturated carbocycles. The second kappa shape index (κ2) is 7.50. The Balaban J connectivity index is 2.60. The van der Waals surface area contributed by atoms with Crippen molar-refractivity contribution >= 4 is 11.3 Å². The highest BCUT2D eigenvalue weighted by Crippen LogP contribution is 2.18. The van der Waals surface area contributed by atoms with Gasteiger partial charge in [0.25, 0.3) is 0 Å². The topological polar surface area (TPSA) is 23.5 Å². The first-order chi connectivity index (χ1) is 8.13. The van der Waals surface area contributed by atoms with E-state index in [4.69, 9.17) is 5.11 Å². The highest BCUT2D eigenvalue weighted by Gasteiger charge is 2.07. The van der Waals surface area contributed by atoms with Crippen LogP contribution in [0.4, 0.5) is 0 Å². The standard InChI is InChI=1S/C14H21NOS/c1-12(2)10-15(3)11-14-13(7-9-17-14)6-4-5-8-16/h7,9,12,16H,5,8,10-11H2,1-3H3. The summed E-state index contributed by atoms with van der Waals surface area (Å²) in [6.45, 7) is 6.65. The van der Waals surface area contributed by atoms with Crippen LogP contribution in [0.5, 0.6) is 0 Å². The molecule has 0 aromatic carbocycles. The summed E-state index contributed by atoms with van der Waals surface area (Å²) in [6.07, 6.45) is 0.553. The predicted octanol–water partition coefficient (Wildman–Crippen LogP) is 2.57. The Morgan fingerprint density at radius 1 is 1.47 bits per heavy atom. The molecule has 0 radical (unpaired) electrons. The second-order valence-corrected chi connectivity index (χ2v) is 5.62. The van der Waals surface area contributed by atoms with Crippen molar-refractivity contribution in [3.05, 3.63) is 21.9 Å². The number of thiophene rings is 1. The lowest BCUT2D eigenvalue weighted by molar-refractivity contribution is 0.290. The minimum absolute atomic E-state index is 0.139. The molecular weight excluding hydrogens is 230 g/mol. The van der Waals surface area contributed by atoms with Gasteiger partial charge in [-0.2, -0.15) is 0 Å². The molecule has 0 amide bonds. The van der Waals surface area contributed by atoms with Crippen LogP contribution in [-0.4, -0.2) is 30.2 Å². The molecule has 0 aliphatic heterocycles. The molecule has 0 aliphatic rings. The first-order valence-electron chi connectivity index (χ1n) is 5.98. The van der Waals surface area contributed by atoms with Crippen molar-refractivity contribution in [3.63, 3.8) is 0 Å². The van der Waals surface area contributed by atoms with E-state index in [-0.39, 0.29) is 6.61 Å². The number of rotatable bonds is 5. The zero-order valence-electron chi connectivity index (χ0n) is 10.9. The summed E-state index contributed by atoms with van der Waals surface area (Å²) in [5.74, 6) is 6.79. The summed E-state index contributed by atoms with van der Waals surface area (Å²) in [6, 6.07) is 2.06. The highest BCUT2D eigenvalue weighted by molar-refractivity contribution is 7.10. The van der Waals surface area contributed by atoms with E-state index in [1.165, 1.54) is 4.88 Å². The number of hydrogen-bond acceptors (Lipinski definition) is 3. The van der Waals surface area contributed by atoms with E-state index >= 15 is 0 Å². The van der Waals surface area contributed by atoms with Crippen LogP contribution < -0.4 is 0 Å². The van der Waals surface area contributed by atoms with E-state index in [1.807, 2.05) is 0 Å². The quantitative estimate of drug-likeness (QED) is 0.813. The molecule has 0 aliphatic carbocycles. The summed E-state index contributed by atoms with van der Waals surface area (Å²) in [5, 5.41) is 10.8. The fourth-order valence-electron chi connectivity index (χ4n) is 1.72. The van der Waals surface area contributed by atoms with Crippen molar-refractivity contribution in [1.29, 1.82) is 0 Å². The van der Waals surface area contributed by atoms with Crippen LogP contribution in [0.25, 0.3) is 0 Å². The third-order valence-corrected chi connectivity index (χ3v) is 3.20. The third kappa shape index (κ3) is 5.36. The molecular formula is C14H21NOS. The van der Waals surface area contributed by atoms with Crippen LogP contribution in [0.15, 0.2) is 11.4 Å². The van der Waals surface area contributed by atoms with E-state index in [0.717, 1.165) is 18.7 Å². The maximum absolute atomic E-state index is 8.70. The Morgan fingerprint density at radius 3 is 2.88 bits per heavy atom. The Bertz CT molecular complexity index is 386. The predicted molar refractivity (Wildman–Crippen MR) is 74.1 cm³/mol. The van der Waals surface area contributed by atoms with Gasteiger partial charge in [-0.1, -0.05) is 25.7 Å². The van der Waals surface area contributed by atoms with Crippen LogP contribution >= 0.6 is 11.3 Å². The molecule has 0 fully saturated rings. The fourth-order valence-corrected chi connectivity index (χ4v) is 2.63. The van der Waals surface area contributed by atoms with E-state index in [9.17, 15) is 0 Å². The summed E-state index contributed by atoms with van der Waals surface area (Å²) < 4.78 is 0. The van der Waals surface area contributed by atoms with E-state index in [2.05, 4.69) is 49.1 Å². The molecule has 17 heavy (non-hydrogen) atoms. The van der Waals surface area contributed by atoms with Crippen LogP contribution in [0.3, 0.4) is 0 Å². The van der Waals surface area contributed by atoms with Gasteiger partial charge < -0.3 is 10.0 Å². The van der Waals surface area contributed by atoms with E-state index in [0.29, 0.717) is 12.3 Å². The first kappa shape index (κ1) is 14.2. The molecule has 1 heterocycles. The molecule has 0 unspecified atom stereocenters. The van der Waals surface area contributed by atoms with Crippen molar-refractivity contribution < 1.29 is 5.11 Å². The number of nitrogens with zero attached hydrogens (tertiary/aromatic N) is 1. The second-order valence-electron chi connectivity index (χ2n) is 4.62. The highest BCUT2D eigenvalue weighted by atomic mass is 32.1. The maximum atomic E-state index is 8.70. The van der Waals surface area contributed by atoms with Crippen LogP contribution in [0, 0.1) is 17.8 Å². The van der Waals surface area contributed by atoms with E-state index < -0.39 is 0 Å². The van der Waals surface area contributed by atoms with Gasteiger partial charge in [0.2, 0.25) is 0 Å². The number of hydrogen-bond donors (Lipinski definition) is 1. The van der Waals surface area contributed by atoms with Crippen molar-refractivity contribution in [3.8, 4) is 11.8 Å². The van der Waals surface area contributed by atoms with Crippen LogP contribution in [0.1, 0.15) is 30.7 Å². The molecule has 1 N–H and O–H groups in total. The molecule has 0 atom stereocenters. The molecule has 3 heteroatoms. The monoisotopic (exact) mass is 251 g/mol. The van der Waals surface area contributed by atoms with Crippen molar-refractivity contribution in [2.75, 3.05) is 20.2 Å². The van der Waals surface area contributed by atoms with Gasteiger partial charge in [0.05, 0.1) is 6.61 Å². The fraction of sp³-hybridized carbons (Fsp3) is 0.571. The normalized spacial score (nSPS) is 10.7. The zero-order valence-corrected chi connectivity index (χ0v) is 11.7. The van der Waals surface area contributed by atoms with Gasteiger partial charge in [0.1, 0.15) is 0 Å². The Morgan fingerprint density at radius 2 is 2.24 bits per heavy atom. The minimum atomic E-state index is 0.139. The molecule has 0 saturated heterocycles. The summed E-state index contributed by atoms with van der Waals surface area (Å²) in [5.41, 5.74) is 1.11. The summed E-state index contributed by atoms with van der Waals surface area (Å²) in [7, 11) is 2.14. The Kier molecular flexibility index (Phi) is 6.28. The zero-order chi connectivity index (χ0) is 12.7. The molecule has 0 bridgehead atoms. The third-order valence-electron chi connectivity index (χ3n) is 2.30. The van der Waals surface area contributed by atoms with Gasteiger partial charge >= 0.3 is 0 Å². The van der Waals surface area contributed by atoms with Gasteiger partial charge in [0.15, 0.2) is 0 Å². The van der Waals surface area contributed by atoms with Gasteiger partial charge in [-0.05, 0) is 24.4 Å². The maximum Gasteiger partial charge on any atom is 0.0540 e. The van der Waals surface area contributed by atoms with Crippen LogP contribution in [-0.2, 0) is 6.54 Å². The lowest BCUT2D eigenvalue weighted by Crippen LogP contribution is -2.22. The number of aliphatic hydroxyl groups is 1. The molecule has 1 aromatic heterocycles. The van der Waals surface area contributed by atoms with Crippen molar-refractivity contribution in [1.82, 2.24) is 4.90 Å². The molecule has 0 spiro atoms. The molecule has 1 rings (SSSR count). The Labute approximate surface area is 108 Å². The minimum Gasteiger partial charge on any atom is -0.395 e. The molecule has 94 valence electrons. The summed E-state index contributed by atoms with van der Waals surface area (Å²) >= 11 is 1.76. The van der Waals surface area contributed by atoms with Gasteiger partial charge in [0, 0.05) is 30.0 Å². The first-order valence-corrected chi connectivity index (χ1v) is 6.86. The van der Waals surface area contributed by atoms with Gasteiger partial charge in [-0.3, -0.25) is 0 Å². The summed E-state index contributed by atoms with van der Waals surface area (Å²) in [4.78, 5) is 3.65. The van der Waals surface area contributed by atoms with Gasteiger partial charge in [-0.25, -0.2) is 0 Å². The lowest BCUT2D eigenvalue weighted by Gasteiger charge is -2.18. The van der Waals surface area contributed by atoms with Crippen molar-refractivity contribution in [2.24, 2.45) is 5.92 Å². The van der Waals surface area contributed by atoms with Crippen molar-refractivity contribution in [2.45, 2.75) is 26.8 Å².